The molecule has 3 aromatic rings. The number of para-hydroxylation sites is 1. The molecule has 2 atom stereocenters. The number of hydrogen-bond donors (Lipinski definition) is 1. The molecule has 1 aromatic heterocycles. The topological polar surface area (TPSA) is 97.7 Å². The summed E-state index contributed by atoms with van der Waals surface area (Å²) in [5.74, 6) is 0.209. The Morgan fingerprint density at radius 1 is 0.971 bits per heavy atom. The maximum atomic E-state index is 13.4. The highest BCUT2D eigenvalue weighted by atomic mass is 32.2. The molecule has 176 valence electrons. The smallest absolute Gasteiger partial charge is 0.259 e. The number of benzene rings is 2. The van der Waals surface area contributed by atoms with Crippen LogP contribution in [0.5, 0.6) is 5.75 Å². The van der Waals surface area contributed by atoms with Crippen LogP contribution in [0.4, 0.5) is 5.69 Å². The molecular formula is C25H25N3O5S. The number of methoxy groups -OCH3 is 1. The van der Waals surface area contributed by atoms with Gasteiger partial charge < -0.3 is 14.6 Å². The fourth-order valence-corrected chi connectivity index (χ4v) is 6.50. The lowest BCUT2D eigenvalue weighted by Crippen LogP contribution is -2.48. The summed E-state index contributed by atoms with van der Waals surface area (Å²) < 4.78 is 35.3. The molecule has 0 spiro atoms. The van der Waals surface area contributed by atoms with Crippen molar-refractivity contribution in [3.05, 3.63) is 88.3 Å². The van der Waals surface area contributed by atoms with E-state index in [4.69, 9.17) is 4.74 Å². The van der Waals surface area contributed by atoms with Crippen LogP contribution in [-0.2, 0) is 16.6 Å². The number of nitrogens with one attached hydrogen (secondary N) is 1. The first kappa shape index (κ1) is 22.4. The molecule has 0 radical (unpaired) electrons. The van der Waals surface area contributed by atoms with Crippen LogP contribution in [0.1, 0.15) is 28.4 Å². The average molecular weight is 480 g/mol. The number of carbonyl (C=O) groups excluding carboxylic acids is 1. The Morgan fingerprint density at radius 2 is 1.74 bits per heavy atom. The lowest BCUT2D eigenvalue weighted by molar-refractivity contribution is 0.102. The number of ether oxygens (including phenoxy) is 1. The Bertz CT molecular complexity index is 1400. The Morgan fingerprint density at radius 3 is 2.50 bits per heavy atom. The molecule has 2 aliphatic heterocycles. The van der Waals surface area contributed by atoms with Gasteiger partial charge in [-0.25, -0.2) is 8.42 Å². The zero-order valence-electron chi connectivity index (χ0n) is 18.7. The molecule has 34 heavy (non-hydrogen) atoms. The second-order valence-corrected chi connectivity index (χ2v) is 10.6. The lowest BCUT2D eigenvalue weighted by Gasteiger charge is -2.42. The molecule has 1 amide bonds. The molecule has 8 nitrogen and oxygen atoms in total. The van der Waals surface area contributed by atoms with Crippen LogP contribution in [-0.4, -0.2) is 43.4 Å². The summed E-state index contributed by atoms with van der Waals surface area (Å²) in [6.07, 6.45) is 0.878. The van der Waals surface area contributed by atoms with E-state index in [1.807, 2.05) is 6.07 Å². The molecule has 1 N–H and O–H groups in total. The summed E-state index contributed by atoms with van der Waals surface area (Å²) in [5.41, 5.74) is 1.74. The standard InChI is InChI=1S/C25H25N3O5S/c1-33-23-7-3-2-5-21(23)25(30)26-19-9-11-20(12-10-19)34(31,32)27-14-17-13-18(16-27)22-6-4-8-24(29)28(22)15-17/h2-12,17-18H,13-16H2,1H3,(H,26,30). The number of amides is 1. The first-order valence-electron chi connectivity index (χ1n) is 11.1. The van der Waals surface area contributed by atoms with Crippen molar-refractivity contribution in [2.24, 2.45) is 5.92 Å². The highest BCUT2D eigenvalue weighted by Gasteiger charge is 2.39. The van der Waals surface area contributed by atoms with Crippen molar-refractivity contribution in [1.82, 2.24) is 8.87 Å². The van der Waals surface area contributed by atoms with E-state index in [0.29, 0.717) is 36.6 Å². The maximum absolute atomic E-state index is 13.4. The average Bonchev–Trinajstić information content (AvgIpc) is 2.85. The summed E-state index contributed by atoms with van der Waals surface area (Å²) in [4.78, 5) is 25.0. The predicted octanol–water partition coefficient (Wildman–Crippen LogP) is 2.92. The highest BCUT2D eigenvalue weighted by molar-refractivity contribution is 7.89. The third kappa shape index (κ3) is 4.01. The minimum Gasteiger partial charge on any atom is -0.496 e. The molecule has 3 heterocycles. The van der Waals surface area contributed by atoms with Crippen LogP contribution in [0.2, 0.25) is 0 Å². The van der Waals surface area contributed by atoms with Crippen molar-refractivity contribution in [3.63, 3.8) is 0 Å². The molecule has 2 bridgehead atoms. The number of aromatic nitrogens is 1. The van der Waals surface area contributed by atoms with Gasteiger partial charge in [0.05, 0.1) is 17.6 Å². The van der Waals surface area contributed by atoms with E-state index >= 15 is 0 Å². The van der Waals surface area contributed by atoms with E-state index in [2.05, 4.69) is 5.32 Å². The summed E-state index contributed by atoms with van der Waals surface area (Å²) in [6, 6.07) is 18.3. The monoisotopic (exact) mass is 479 g/mol. The largest absolute Gasteiger partial charge is 0.496 e. The van der Waals surface area contributed by atoms with Gasteiger partial charge >= 0.3 is 0 Å². The summed E-state index contributed by atoms with van der Waals surface area (Å²) >= 11 is 0. The predicted molar refractivity (Wildman–Crippen MR) is 128 cm³/mol. The van der Waals surface area contributed by atoms with E-state index in [1.165, 1.54) is 23.5 Å². The number of carbonyl (C=O) groups is 1. The minimum atomic E-state index is -3.71. The molecule has 1 saturated heterocycles. The third-order valence-corrected chi connectivity index (χ3v) is 8.39. The number of anilines is 1. The van der Waals surface area contributed by atoms with Crippen molar-refractivity contribution in [1.29, 1.82) is 0 Å². The third-order valence-electron chi connectivity index (χ3n) is 6.55. The fourth-order valence-electron chi connectivity index (χ4n) is 4.94. The highest BCUT2D eigenvalue weighted by Crippen LogP contribution is 2.37. The Kier molecular flexibility index (Phi) is 5.75. The Balaban J connectivity index is 1.33. The number of pyridine rings is 1. The van der Waals surface area contributed by atoms with Crippen LogP contribution >= 0.6 is 0 Å². The number of nitrogens with zero attached hydrogens (tertiary/aromatic N) is 2. The van der Waals surface area contributed by atoms with Gasteiger partial charge in [0.25, 0.3) is 11.5 Å². The zero-order valence-corrected chi connectivity index (χ0v) is 19.5. The van der Waals surface area contributed by atoms with E-state index < -0.39 is 10.0 Å². The molecule has 2 aromatic carbocycles. The summed E-state index contributed by atoms with van der Waals surface area (Å²) in [6.45, 7) is 1.26. The molecular weight excluding hydrogens is 454 g/mol. The van der Waals surface area contributed by atoms with Crippen LogP contribution < -0.4 is 15.6 Å². The van der Waals surface area contributed by atoms with Gasteiger partial charge in [-0.2, -0.15) is 4.31 Å². The summed E-state index contributed by atoms with van der Waals surface area (Å²) in [5, 5.41) is 2.78. The van der Waals surface area contributed by atoms with Crippen LogP contribution in [0.25, 0.3) is 0 Å². The Labute approximate surface area is 197 Å². The van der Waals surface area contributed by atoms with Crippen molar-refractivity contribution in [2.75, 3.05) is 25.5 Å². The van der Waals surface area contributed by atoms with Gasteiger partial charge in [0.2, 0.25) is 10.0 Å². The van der Waals surface area contributed by atoms with E-state index in [1.54, 1.807) is 53.1 Å². The minimum absolute atomic E-state index is 0.00408. The molecule has 0 aliphatic carbocycles. The molecule has 2 aliphatic rings. The van der Waals surface area contributed by atoms with E-state index in [0.717, 1.165) is 12.1 Å². The number of piperidine rings is 1. The molecule has 9 heteroatoms. The zero-order chi connectivity index (χ0) is 23.9. The van der Waals surface area contributed by atoms with Crippen molar-refractivity contribution in [2.45, 2.75) is 23.8 Å². The van der Waals surface area contributed by atoms with Crippen molar-refractivity contribution in [3.8, 4) is 5.75 Å². The maximum Gasteiger partial charge on any atom is 0.259 e. The molecule has 0 saturated carbocycles. The normalized spacial score (nSPS) is 19.8. The van der Waals surface area contributed by atoms with Gasteiger partial charge in [0.15, 0.2) is 0 Å². The second kappa shape index (κ2) is 8.73. The van der Waals surface area contributed by atoms with E-state index in [-0.39, 0.29) is 28.2 Å². The van der Waals surface area contributed by atoms with Gasteiger partial charge in [-0.15, -0.1) is 0 Å². The van der Waals surface area contributed by atoms with Crippen molar-refractivity contribution < 1.29 is 17.9 Å². The van der Waals surface area contributed by atoms with Gasteiger partial charge in [-0.05, 0) is 54.8 Å². The molecule has 1 fully saturated rings. The molecule has 2 unspecified atom stereocenters. The number of sulfonamides is 1. The second-order valence-electron chi connectivity index (χ2n) is 8.70. The van der Waals surface area contributed by atoms with Gasteiger partial charge in [-0.1, -0.05) is 18.2 Å². The lowest BCUT2D eigenvalue weighted by atomic mass is 9.84. The van der Waals surface area contributed by atoms with Gasteiger partial charge in [0.1, 0.15) is 5.75 Å². The van der Waals surface area contributed by atoms with Crippen LogP contribution in [0, 0.1) is 5.92 Å². The first-order chi connectivity index (χ1) is 16.4. The quantitative estimate of drug-likeness (QED) is 0.607. The number of hydrogen-bond acceptors (Lipinski definition) is 5. The fraction of sp³-hybridized carbons (Fsp3) is 0.280. The van der Waals surface area contributed by atoms with Crippen LogP contribution in [0.3, 0.4) is 0 Å². The SMILES string of the molecule is COc1ccccc1C(=O)Nc1ccc(S(=O)(=O)N2CC3CC(C2)c2cccc(=O)n2C3)cc1. The summed E-state index contributed by atoms with van der Waals surface area (Å²) in [7, 11) is -2.21. The van der Waals surface area contributed by atoms with E-state index in [9.17, 15) is 18.0 Å². The van der Waals surface area contributed by atoms with Crippen LogP contribution in [0.15, 0.2) is 76.4 Å². The van der Waals surface area contributed by atoms with Gasteiger partial charge in [-0.3, -0.25) is 9.59 Å². The van der Waals surface area contributed by atoms with Gasteiger partial charge in [0, 0.05) is 43.0 Å². The Hall–Kier alpha value is -3.43. The first-order valence-corrected chi connectivity index (χ1v) is 12.5. The number of fused-ring (bicyclic) bond motifs is 4. The number of rotatable bonds is 5. The van der Waals surface area contributed by atoms with Crippen molar-refractivity contribution >= 4 is 21.6 Å². The molecule has 5 rings (SSSR count).